The third-order valence-corrected chi connectivity index (χ3v) is 4.00. The van der Waals surface area contributed by atoms with E-state index in [0.717, 1.165) is 34.1 Å². The highest BCUT2D eigenvalue weighted by molar-refractivity contribution is 6.01. The molecule has 0 saturated carbocycles. The number of aromatic nitrogens is 4. The number of nitrogens with one attached hydrogen (secondary N) is 1. The molecule has 3 aromatic heterocycles. The van der Waals surface area contributed by atoms with Crippen LogP contribution in [0.5, 0.6) is 0 Å². The van der Waals surface area contributed by atoms with Crippen LogP contribution in [-0.2, 0) is 11.8 Å². The summed E-state index contributed by atoms with van der Waals surface area (Å²) in [5.74, 6) is -0.934. The summed E-state index contributed by atoms with van der Waals surface area (Å²) in [6, 6.07) is 7.05. The highest BCUT2D eigenvalue weighted by Crippen LogP contribution is 2.31. The Morgan fingerprint density at radius 3 is 2.56 bits per heavy atom. The fraction of sp³-hybridized carbons (Fsp3) is 0.158. The van der Waals surface area contributed by atoms with Gasteiger partial charge in [-0.3, -0.25) is 9.78 Å². The van der Waals surface area contributed by atoms with Gasteiger partial charge in [0.1, 0.15) is 5.52 Å². The number of carbonyl (C=O) groups is 2. The Bertz CT molecular complexity index is 1090. The number of hydrogen-bond acceptors (Lipinski definition) is 4. The molecule has 0 aliphatic carbocycles. The number of benzene rings is 1. The maximum Gasteiger partial charge on any atom is 0.335 e. The van der Waals surface area contributed by atoms with E-state index < -0.39 is 5.97 Å². The van der Waals surface area contributed by atoms with Gasteiger partial charge >= 0.3 is 5.97 Å². The number of fused-ring (bicyclic) bond motifs is 2. The SMILES string of the molecule is CN(C)C=O.Cn1cc(-c2cc3nccnc3[nH]2)c2cc(C(=O)O)ccc21. The standard InChI is InChI=1S/C16H12N4O2.C3H7NO/c1-20-8-11(10-6-9(16(21)22)2-3-14(10)20)12-7-13-15(19-12)18-5-4-17-13;1-4(2)3-5/h2-8H,1H3,(H,18,19)(H,21,22);3H,1-2H3. The van der Waals surface area contributed by atoms with Crippen molar-refractivity contribution in [2.45, 2.75) is 0 Å². The van der Waals surface area contributed by atoms with E-state index >= 15 is 0 Å². The molecule has 3 heterocycles. The van der Waals surface area contributed by atoms with Crippen LogP contribution in [-0.4, -0.2) is 56.0 Å². The molecule has 27 heavy (non-hydrogen) atoms. The van der Waals surface area contributed by atoms with Crippen LogP contribution in [0.15, 0.2) is 42.9 Å². The van der Waals surface area contributed by atoms with E-state index in [-0.39, 0.29) is 5.56 Å². The summed E-state index contributed by atoms with van der Waals surface area (Å²) in [7, 11) is 5.31. The molecular formula is C19H19N5O3. The third kappa shape index (κ3) is 3.64. The number of hydrogen-bond donors (Lipinski definition) is 2. The van der Waals surface area contributed by atoms with Crippen LogP contribution in [0, 0.1) is 0 Å². The van der Waals surface area contributed by atoms with E-state index in [1.165, 1.54) is 4.90 Å². The summed E-state index contributed by atoms with van der Waals surface area (Å²) < 4.78 is 1.97. The second-order valence-electron chi connectivity index (χ2n) is 6.23. The minimum absolute atomic E-state index is 0.271. The lowest BCUT2D eigenvalue weighted by Crippen LogP contribution is -2.06. The van der Waals surface area contributed by atoms with Gasteiger partial charge in [-0.25, -0.2) is 9.78 Å². The zero-order valence-corrected chi connectivity index (χ0v) is 15.2. The number of carbonyl (C=O) groups excluding carboxylic acids is 1. The van der Waals surface area contributed by atoms with Crippen molar-refractivity contribution >= 4 is 34.4 Å². The quantitative estimate of drug-likeness (QED) is 0.543. The van der Waals surface area contributed by atoms with Gasteiger partial charge in [0.05, 0.1) is 11.3 Å². The zero-order valence-electron chi connectivity index (χ0n) is 15.2. The summed E-state index contributed by atoms with van der Waals surface area (Å²) in [6.45, 7) is 0. The van der Waals surface area contributed by atoms with Gasteiger partial charge in [0.15, 0.2) is 5.65 Å². The molecule has 0 aliphatic heterocycles. The predicted molar refractivity (Wildman–Crippen MR) is 103 cm³/mol. The van der Waals surface area contributed by atoms with Gasteiger partial charge in [-0.05, 0) is 24.3 Å². The number of aromatic carboxylic acids is 1. The van der Waals surface area contributed by atoms with Crippen LogP contribution < -0.4 is 0 Å². The van der Waals surface area contributed by atoms with Crippen molar-refractivity contribution in [1.82, 2.24) is 24.4 Å². The first kappa shape index (κ1) is 18.1. The van der Waals surface area contributed by atoms with E-state index in [1.54, 1.807) is 38.6 Å². The Kier molecular flexibility index (Phi) is 4.89. The molecule has 8 nitrogen and oxygen atoms in total. The maximum absolute atomic E-state index is 11.2. The lowest BCUT2D eigenvalue weighted by molar-refractivity contribution is -0.115. The Hall–Kier alpha value is -3.68. The van der Waals surface area contributed by atoms with Crippen molar-refractivity contribution in [2.24, 2.45) is 7.05 Å². The summed E-state index contributed by atoms with van der Waals surface area (Å²) >= 11 is 0. The summed E-state index contributed by atoms with van der Waals surface area (Å²) in [6.07, 6.45) is 6.00. The first-order valence-corrected chi connectivity index (χ1v) is 8.15. The Balaban J connectivity index is 0.000000376. The minimum Gasteiger partial charge on any atom is -0.478 e. The van der Waals surface area contributed by atoms with Crippen LogP contribution in [0.4, 0.5) is 0 Å². The average molecular weight is 365 g/mol. The smallest absolute Gasteiger partial charge is 0.335 e. The fourth-order valence-electron chi connectivity index (χ4n) is 2.74. The number of nitrogens with zero attached hydrogens (tertiary/aromatic N) is 4. The molecule has 4 aromatic rings. The predicted octanol–water partition coefficient (Wildman–Crippen LogP) is 2.52. The molecule has 0 unspecified atom stereocenters. The van der Waals surface area contributed by atoms with E-state index in [0.29, 0.717) is 5.65 Å². The lowest BCUT2D eigenvalue weighted by Gasteiger charge is -1.99. The molecule has 0 bridgehead atoms. The van der Waals surface area contributed by atoms with Gasteiger partial charge in [-0.15, -0.1) is 0 Å². The minimum atomic E-state index is -0.934. The van der Waals surface area contributed by atoms with Crippen molar-refractivity contribution in [3.63, 3.8) is 0 Å². The van der Waals surface area contributed by atoms with Crippen molar-refractivity contribution in [1.29, 1.82) is 0 Å². The Morgan fingerprint density at radius 1 is 1.22 bits per heavy atom. The van der Waals surface area contributed by atoms with Gasteiger partial charge < -0.3 is 19.6 Å². The van der Waals surface area contributed by atoms with Crippen LogP contribution in [0.25, 0.3) is 33.3 Å². The molecule has 0 radical (unpaired) electrons. The molecule has 8 heteroatoms. The van der Waals surface area contributed by atoms with E-state index in [4.69, 9.17) is 0 Å². The topological polar surface area (TPSA) is 104 Å². The van der Waals surface area contributed by atoms with E-state index in [2.05, 4.69) is 15.0 Å². The third-order valence-electron chi connectivity index (χ3n) is 4.00. The molecule has 0 atom stereocenters. The van der Waals surface area contributed by atoms with Crippen molar-refractivity contribution in [3.8, 4) is 11.3 Å². The maximum atomic E-state index is 11.2. The van der Waals surface area contributed by atoms with Crippen molar-refractivity contribution in [3.05, 3.63) is 48.4 Å². The van der Waals surface area contributed by atoms with Gasteiger partial charge in [0.25, 0.3) is 0 Å². The number of aryl methyl sites for hydroxylation is 1. The number of carboxylic acids is 1. The number of carboxylic acid groups (broad SMARTS) is 1. The summed E-state index contributed by atoms with van der Waals surface area (Å²) in [5.41, 5.74) is 4.54. The second kappa shape index (κ2) is 7.28. The van der Waals surface area contributed by atoms with E-state index in [1.807, 2.05) is 29.9 Å². The highest BCUT2D eigenvalue weighted by Gasteiger charge is 2.14. The molecule has 0 saturated heterocycles. The first-order valence-electron chi connectivity index (χ1n) is 8.15. The molecule has 1 aromatic carbocycles. The van der Waals surface area contributed by atoms with Crippen molar-refractivity contribution < 1.29 is 14.7 Å². The van der Waals surface area contributed by atoms with Gasteiger partial charge in [-0.2, -0.15) is 0 Å². The molecule has 138 valence electrons. The first-order chi connectivity index (χ1) is 12.9. The normalized spacial score (nSPS) is 10.5. The molecule has 0 aliphatic rings. The largest absolute Gasteiger partial charge is 0.478 e. The van der Waals surface area contributed by atoms with Gasteiger partial charge in [0.2, 0.25) is 6.41 Å². The fourth-order valence-corrected chi connectivity index (χ4v) is 2.74. The Labute approximate surface area is 155 Å². The molecule has 2 N–H and O–H groups in total. The molecular weight excluding hydrogens is 346 g/mol. The molecule has 0 fully saturated rings. The van der Waals surface area contributed by atoms with Crippen molar-refractivity contribution in [2.75, 3.05) is 14.1 Å². The Morgan fingerprint density at radius 2 is 1.93 bits per heavy atom. The molecule has 1 amide bonds. The van der Waals surface area contributed by atoms with Crippen LogP contribution in [0.1, 0.15) is 10.4 Å². The number of H-pyrrole nitrogens is 1. The highest BCUT2D eigenvalue weighted by atomic mass is 16.4. The zero-order chi connectivity index (χ0) is 19.6. The van der Waals surface area contributed by atoms with Gasteiger partial charge in [0, 0.05) is 56.2 Å². The second-order valence-corrected chi connectivity index (χ2v) is 6.23. The number of aromatic amines is 1. The van der Waals surface area contributed by atoms with Gasteiger partial charge in [-0.1, -0.05) is 0 Å². The number of rotatable bonds is 3. The number of amides is 1. The van der Waals surface area contributed by atoms with E-state index in [9.17, 15) is 14.7 Å². The average Bonchev–Trinajstić information content (AvgIpc) is 3.23. The summed E-state index contributed by atoms with van der Waals surface area (Å²) in [4.78, 5) is 33.8. The van der Waals surface area contributed by atoms with Crippen LogP contribution >= 0.6 is 0 Å². The van der Waals surface area contributed by atoms with Crippen LogP contribution in [0.2, 0.25) is 0 Å². The summed E-state index contributed by atoms with van der Waals surface area (Å²) in [5, 5.41) is 10.1. The molecule has 4 rings (SSSR count). The lowest BCUT2D eigenvalue weighted by atomic mass is 10.1. The monoisotopic (exact) mass is 365 g/mol. The molecule has 0 spiro atoms. The van der Waals surface area contributed by atoms with Crippen LogP contribution in [0.3, 0.4) is 0 Å².